The minimum Gasteiger partial charge on any atom is -0.406 e. The monoisotopic (exact) mass is 306 g/mol. The van der Waals surface area contributed by atoms with Gasteiger partial charge in [0.25, 0.3) is 0 Å². The summed E-state index contributed by atoms with van der Waals surface area (Å²) in [6.07, 6.45) is -4.83. The highest BCUT2D eigenvalue weighted by atomic mass is 19.4. The minimum absolute atomic E-state index is 0.188. The van der Waals surface area contributed by atoms with Crippen molar-refractivity contribution >= 4 is 11.6 Å². The smallest absolute Gasteiger partial charge is 0.406 e. The van der Waals surface area contributed by atoms with E-state index in [0.29, 0.717) is 11.1 Å². The van der Waals surface area contributed by atoms with Crippen LogP contribution in [0.3, 0.4) is 0 Å². The SMILES string of the molecule is O=C1c2ccccc2C(=O)C1c1cccc(OC(F)(F)F)c1. The Balaban J connectivity index is 1.98. The Bertz CT molecular complexity index is 730. The average molecular weight is 306 g/mol. The van der Waals surface area contributed by atoms with Crippen molar-refractivity contribution < 1.29 is 27.5 Å². The van der Waals surface area contributed by atoms with Gasteiger partial charge < -0.3 is 4.74 Å². The van der Waals surface area contributed by atoms with Crippen molar-refractivity contribution in [3.63, 3.8) is 0 Å². The van der Waals surface area contributed by atoms with Crippen LogP contribution in [0.1, 0.15) is 32.2 Å². The van der Waals surface area contributed by atoms with Gasteiger partial charge in [-0.15, -0.1) is 13.2 Å². The number of hydrogen-bond donors (Lipinski definition) is 0. The van der Waals surface area contributed by atoms with Crippen molar-refractivity contribution in [1.29, 1.82) is 0 Å². The first kappa shape index (κ1) is 14.3. The van der Waals surface area contributed by atoms with Gasteiger partial charge in [-0.05, 0) is 17.7 Å². The van der Waals surface area contributed by atoms with Crippen LogP contribution < -0.4 is 4.74 Å². The molecule has 0 aromatic heterocycles. The highest BCUT2D eigenvalue weighted by Crippen LogP contribution is 2.35. The Morgan fingerprint density at radius 3 is 2.00 bits per heavy atom. The van der Waals surface area contributed by atoms with Crippen LogP contribution in [-0.2, 0) is 0 Å². The molecule has 22 heavy (non-hydrogen) atoms. The summed E-state index contributed by atoms with van der Waals surface area (Å²) in [7, 11) is 0. The maximum Gasteiger partial charge on any atom is 0.573 e. The number of ether oxygens (including phenoxy) is 1. The lowest BCUT2D eigenvalue weighted by molar-refractivity contribution is -0.274. The molecule has 0 bridgehead atoms. The number of alkyl halides is 3. The quantitative estimate of drug-likeness (QED) is 0.794. The van der Waals surface area contributed by atoms with Gasteiger partial charge in [0.05, 0.1) is 0 Å². The van der Waals surface area contributed by atoms with Gasteiger partial charge in [0.1, 0.15) is 11.7 Å². The second-order valence-corrected chi connectivity index (χ2v) is 4.83. The highest BCUT2D eigenvalue weighted by molar-refractivity contribution is 6.29. The van der Waals surface area contributed by atoms with Gasteiger partial charge in [0.15, 0.2) is 11.6 Å². The molecule has 0 saturated heterocycles. The molecule has 0 aliphatic heterocycles. The van der Waals surface area contributed by atoms with Crippen LogP contribution in [0.2, 0.25) is 0 Å². The van der Waals surface area contributed by atoms with Crippen LogP contribution in [0.25, 0.3) is 0 Å². The second-order valence-electron chi connectivity index (χ2n) is 4.83. The van der Waals surface area contributed by atoms with Gasteiger partial charge in [-0.25, -0.2) is 0 Å². The van der Waals surface area contributed by atoms with Crippen LogP contribution >= 0.6 is 0 Å². The van der Waals surface area contributed by atoms with E-state index in [4.69, 9.17) is 0 Å². The molecule has 1 aliphatic rings. The maximum atomic E-state index is 12.3. The number of benzene rings is 2. The van der Waals surface area contributed by atoms with Crippen molar-refractivity contribution in [1.82, 2.24) is 0 Å². The van der Waals surface area contributed by atoms with Gasteiger partial charge in [0.2, 0.25) is 0 Å². The second kappa shape index (κ2) is 4.98. The normalized spacial score (nSPS) is 15.0. The van der Waals surface area contributed by atoms with Crippen molar-refractivity contribution in [2.24, 2.45) is 0 Å². The fourth-order valence-electron chi connectivity index (χ4n) is 2.54. The van der Waals surface area contributed by atoms with E-state index in [-0.39, 0.29) is 5.56 Å². The third kappa shape index (κ3) is 2.47. The zero-order chi connectivity index (χ0) is 15.9. The summed E-state index contributed by atoms with van der Waals surface area (Å²) in [6, 6.07) is 11.3. The summed E-state index contributed by atoms with van der Waals surface area (Å²) in [6.45, 7) is 0. The summed E-state index contributed by atoms with van der Waals surface area (Å²) < 4.78 is 40.6. The van der Waals surface area contributed by atoms with Gasteiger partial charge in [-0.1, -0.05) is 36.4 Å². The Morgan fingerprint density at radius 1 is 0.864 bits per heavy atom. The number of rotatable bonds is 2. The molecule has 2 aromatic carbocycles. The van der Waals surface area contributed by atoms with E-state index >= 15 is 0 Å². The molecular formula is C16H9F3O3. The largest absolute Gasteiger partial charge is 0.573 e. The standard InChI is InChI=1S/C16H9F3O3/c17-16(18,19)22-10-5-3-4-9(8-10)13-14(20)11-6-1-2-7-12(11)15(13)21/h1-8,13H. The summed E-state index contributed by atoms with van der Waals surface area (Å²) in [5.41, 5.74) is 0.771. The minimum atomic E-state index is -4.83. The van der Waals surface area contributed by atoms with Gasteiger partial charge >= 0.3 is 6.36 Å². The molecule has 112 valence electrons. The predicted octanol–water partition coefficient (Wildman–Crippen LogP) is 3.75. The lowest BCUT2D eigenvalue weighted by Crippen LogP contribution is -2.18. The topological polar surface area (TPSA) is 43.4 Å². The van der Waals surface area contributed by atoms with Crippen LogP contribution in [0.15, 0.2) is 48.5 Å². The van der Waals surface area contributed by atoms with E-state index in [9.17, 15) is 22.8 Å². The number of halogens is 3. The molecule has 0 unspecified atom stereocenters. The molecule has 0 amide bonds. The third-order valence-corrected chi connectivity index (χ3v) is 3.41. The van der Waals surface area contributed by atoms with Gasteiger partial charge in [-0.2, -0.15) is 0 Å². The molecule has 0 saturated carbocycles. The number of ketones is 2. The molecule has 6 heteroatoms. The number of fused-ring (bicyclic) bond motifs is 1. The van der Waals surface area contributed by atoms with Crippen molar-refractivity contribution in [3.05, 3.63) is 65.2 Å². The molecule has 3 nitrogen and oxygen atoms in total. The molecule has 1 aliphatic carbocycles. The summed E-state index contributed by atoms with van der Waals surface area (Å²) >= 11 is 0. The zero-order valence-electron chi connectivity index (χ0n) is 11.1. The first-order valence-electron chi connectivity index (χ1n) is 6.40. The maximum absolute atomic E-state index is 12.3. The highest BCUT2D eigenvalue weighted by Gasteiger charge is 2.39. The Morgan fingerprint density at radius 2 is 1.45 bits per heavy atom. The molecule has 0 fully saturated rings. The van der Waals surface area contributed by atoms with Gasteiger partial charge in [0, 0.05) is 11.1 Å². The zero-order valence-corrected chi connectivity index (χ0v) is 11.1. The molecule has 3 rings (SSSR count). The average Bonchev–Trinajstić information content (AvgIpc) is 2.70. The first-order valence-corrected chi connectivity index (χ1v) is 6.40. The van der Waals surface area contributed by atoms with Crippen LogP contribution in [0, 0.1) is 0 Å². The molecular weight excluding hydrogens is 297 g/mol. The number of carbonyl (C=O) groups is 2. The third-order valence-electron chi connectivity index (χ3n) is 3.41. The molecule has 0 heterocycles. The van der Waals surface area contributed by atoms with Crippen LogP contribution in [0.4, 0.5) is 13.2 Å². The fraction of sp³-hybridized carbons (Fsp3) is 0.125. The molecule has 2 aromatic rings. The molecule has 0 N–H and O–H groups in total. The molecule has 0 radical (unpaired) electrons. The number of hydrogen-bond acceptors (Lipinski definition) is 3. The van der Waals surface area contributed by atoms with E-state index < -0.39 is 29.6 Å². The molecule has 0 atom stereocenters. The Labute approximate surface area is 123 Å². The lowest BCUT2D eigenvalue weighted by Gasteiger charge is -2.12. The summed E-state index contributed by atoms with van der Waals surface area (Å²) in [5.74, 6) is -2.40. The molecule has 0 spiro atoms. The predicted molar refractivity (Wildman–Crippen MR) is 71.0 cm³/mol. The van der Waals surface area contributed by atoms with Crippen LogP contribution in [-0.4, -0.2) is 17.9 Å². The number of carbonyl (C=O) groups excluding carboxylic acids is 2. The summed E-state index contributed by atoms with van der Waals surface area (Å²) in [5, 5.41) is 0. The van der Waals surface area contributed by atoms with Gasteiger partial charge in [-0.3, -0.25) is 9.59 Å². The van der Waals surface area contributed by atoms with E-state index in [1.54, 1.807) is 12.1 Å². The van der Waals surface area contributed by atoms with Crippen molar-refractivity contribution in [2.45, 2.75) is 12.3 Å². The Kier molecular flexibility index (Phi) is 3.24. The van der Waals surface area contributed by atoms with E-state index in [1.165, 1.54) is 24.3 Å². The van der Waals surface area contributed by atoms with Crippen molar-refractivity contribution in [2.75, 3.05) is 0 Å². The lowest BCUT2D eigenvalue weighted by atomic mass is 9.94. The summed E-state index contributed by atoms with van der Waals surface area (Å²) in [4.78, 5) is 24.6. The fourth-order valence-corrected chi connectivity index (χ4v) is 2.54. The van der Waals surface area contributed by atoms with Crippen molar-refractivity contribution in [3.8, 4) is 5.75 Å². The van der Waals surface area contributed by atoms with Crippen LogP contribution in [0.5, 0.6) is 5.75 Å². The van der Waals surface area contributed by atoms with E-state index in [2.05, 4.69) is 4.74 Å². The first-order chi connectivity index (χ1) is 10.4. The Hall–Kier alpha value is -2.63. The number of Topliss-reactive ketones (excluding diaryl/α,β-unsaturated/α-hetero) is 2. The van der Waals surface area contributed by atoms with E-state index in [1.807, 2.05) is 0 Å². The van der Waals surface area contributed by atoms with E-state index in [0.717, 1.165) is 12.1 Å².